The second-order valence-corrected chi connectivity index (χ2v) is 11.5. The number of aliphatic hydroxyl groups excluding tert-OH is 1. The summed E-state index contributed by atoms with van der Waals surface area (Å²) >= 11 is 6.27. The van der Waals surface area contributed by atoms with Crippen molar-refractivity contribution in [2.45, 2.75) is 70.9 Å². The van der Waals surface area contributed by atoms with Crippen LogP contribution in [-0.4, -0.2) is 72.7 Å². The third-order valence-electron chi connectivity index (χ3n) is 6.61. The molecule has 4 unspecified atom stereocenters. The molecule has 16 heteroatoms. The number of carbonyl (C=O) groups excluding carboxylic acids is 2. The van der Waals surface area contributed by atoms with Gasteiger partial charge in [-0.1, -0.05) is 16.8 Å². The summed E-state index contributed by atoms with van der Waals surface area (Å²) in [6.07, 6.45) is -1.73. The molecular formula is C28H33ClN8O7. The van der Waals surface area contributed by atoms with E-state index in [0.717, 1.165) is 11.3 Å². The van der Waals surface area contributed by atoms with Crippen LogP contribution in [0.1, 0.15) is 44.0 Å². The maximum Gasteiger partial charge on any atom is 0.408 e. The summed E-state index contributed by atoms with van der Waals surface area (Å²) in [4.78, 5) is 38.3. The molecular weight excluding hydrogens is 596 g/mol. The molecule has 1 aromatic carbocycles. The van der Waals surface area contributed by atoms with Gasteiger partial charge in [0.05, 0.1) is 18.1 Å². The minimum atomic E-state index is -1.35. The van der Waals surface area contributed by atoms with Gasteiger partial charge in [-0.3, -0.25) is 9.36 Å². The van der Waals surface area contributed by atoms with Crippen molar-refractivity contribution in [3.8, 4) is 5.75 Å². The first-order chi connectivity index (χ1) is 20.9. The second-order valence-electron chi connectivity index (χ2n) is 11.1. The number of carbonyl (C=O) groups is 2. The van der Waals surface area contributed by atoms with Gasteiger partial charge in [0.1, 0.15) is 30.4 Å². The van der Waals surface area contributed by atoms with Crippen molar-refractivity contribution >= 4 is 40.6 Å². The smallest absolute Gasteiger partial charge is 0.408 e. The molecule has 4 aromatic rings. The van der Waals surface area contributed by atoms with Crippen molar-refractivity contribution in [3.05, 3.63) is 59.0 Å². The van der Waals surface area contributed by atoms with Crippen molar-refractivity contribution < 1.29 is 33.4 Å². The van der Waals surface area contributed by atoms with Crippen LogP contribution in [0.25, 0.3) is 11.2 Å². The number of imidazole rings is 1. The van der Waals surface area contributed by atoms with E-state index in [1.54, 1.807) is 45.0 Å². The van der Waals surface area contributed by atoms with Crippen LogP contribution < -0.4 is 20.7 Å². The van der Waals surface area contributed by atoms with Gasteiger partial charge < -0.3 is 39.8 Å². The summed E-state index contributed by atoms with van der Waals surface area (Å²) in [7, 11) is 1.43. The predicted octanol–water partition coefficient (Wildman–Crippen LogP) is 2.86. The van der Waals surface area contributed by atoms with Crippen LogP contribution in [0.4, 0.5) is 10.6 Å². The maximum atomic E-state index is 12.6. The van der Waals surface area contributed by atoms with Gasteiger partial charge in [-0.05, 0) is 45.9 Å². The summed E-state index contributed by atoms with van der Waals surface area (Å²) in [5.41, 5.74) is 1.42. The second kappa shape index (κ2) is 12.6. The van der Waals surface area contributed by atoms with E-state index >= 15 is 0 Å². The van der Waals surface area contributed by atoms with Crippen LogP contribution in [0.2, 0.25) is 5.02 Å². The first-order valence-electron chi connectivity index (χ1n) is 13.7. The zero-order valence-electron chi connectivity index (χ0n) is 24.7. The lowest BCUT2D eigenvalue weighted by molar-refractivity contribution is -0.134. The number of aryl methyl sites for hydroxylation is 1. The number of halogens is 1. The van der Waals surface area contributed by atoms with Gasteiger partial charge >= 0.3 is 6.09 Å². The Morgan fingerprint density at radius 3 is 2.68 bits per heavy atom. The van der Waals surface area contributed by atoms with E-state index in [-0.39, 0.29) is 13.2 Å². The normalized spacial score (nSPS) is 20.0. The molecule has 3 aromatic heterocycles. The topological polar surface area (TPSA) is 188 Å². The summed E-state index contributed by atoms with van der Waals surface area (Å²) < 4.78 is 23.9. The number of nitrogens with zero attached hydrogens (tertiary/aromatic N) is 5. The molecule has 0 saturated carbocycles. The molecule has 0 spiro atoms. The highest BCUT2D eigenvalue weighted by Crippen LogP contribution is 2.33. The number of fused-ring (bicyclic) bond motifs is 1. The fourth-order valence-corrected chi connectivity index (χ4v) is 4.88. The Morgan fingerprint density at radius 2 is 1.98 bits per heavy atom. The number of aliphatic hydroxyl groups is 1. The van der Waals surface area contributed by atoms with Gasteiger partial charge in [-0.2, -0.15) is 0 Å². The molecule has 2 amide bonds. The monoisotopic (exact) mass is 628 g/mol. The van der Waals surface area contributed by atoms with Crippen LogP contribution >= 0.6 is 11.6 Å². The highest BCUT2D eigenvalue weighted by Gasteiger charge is 2.49. The SMILES string of the molecule is CNC(=O)C1OC(n2cnc3c(NCc4cc(Cl)ccc4OCc4cc(C)no4)ncnc32)C(O)C1NC(=O)OC(C)(C)C. The number of rotatable bonds is 9. The van der Waals surface area contributed by atoms with E-state index in [4.69, 9.17) is 30.3 Å². The third kappa shape index (κ3) is 6.85. The van der Waals surface area contributed by atoms with Crippen LogP contribution in [-0.2, 0) is 27.4 Å². The van der Waals surface area contributed by atoms with E-state index in [9.17, 15) is 14.7 Å². The third-order valence-corrected chi connectivity index (χ3v) is 6.84. The molecule has 234 valence electrons. The number of likely N-dealkylation sites (N-methyl/N-ethyl adjacent to an activating group) is 1. The van der Waals surface area contributed by atoms with Gasteiger partial charge in [0.15, 0.2) is 35.1 Å². The molecule has 4 heterocycles. The van der Waals surface area contributed by atoms with Gasteiger partial charge in [-0.25, -0.2) is 19.7 Å². The van der Waals surface area contributed by atoms with Gasteiger partial charge in [-0.15, -0.1) is 0 Å². The van der Waals surface area contributed by atoms with E-state index in [0.29, 0.717) is 33.5 Å². The lowest BCUT2D eigenvalue weighted by Crippen LogP contribution is -2.52. The highest BCUT2D eigenvalue weighted by atomic mass is 35.5. The van der Waals surface area contributed by atoms with E-state index < -0.39 is 42.1 Å². The number of aromatic nitrogens is 5. The number of benzene rings is 1. The first kappa shape index (κ1) is 31.0. The predicted molar refractivity (Wildman–Crippen MR) is 157 cm³/mol. The first-order valence-corrected chi connectivity index (χ1v) is 14.1. The minimum absolute atomic E-state index is 0.183. The molecule has 15 nitrogen and oxygen atoms in total. The molecule has 1 fully saturated rings. The Kier molecular flexibility index (Phi) is 8.90. The fourth-order valence-electron chi connectivity index (χ4n) is 4.68. The molecule has 5 rings (SSSR count). The Labute approximate surface area is 257 Å². The quantitative estimate of drug-likeness (QED) is 0.212. The summed E-state index contributed by atoms with van der Waals surface area (Å²) in [5.74, 6) is 1.02. The largest absolute Gasteiger partial charge is 0.485 e. The molecule has 4 atom stereocenters. The average molecular weight is 629 g/mol. The van der Waals surface area contributed by atoms with Crippen LogP contribution in [0.3, 0.4) is 0 Å². The lowest BCUT2D eigenvalue weighted by Gasteiger charge is -2.24. The molecule has 1 aliphatic rings. The van der Waals surface area contributed by atoms with Gasteiger partial charge in [0.2, 0.25) is 0 Å². The Balaban J connectivity index is 1.35. The number of nitrogens with one attached hydrogen (secondary N) is 3. The number of hydrogen-bond acceptors (Lipinski definition) is 12. The Morgan fingerprint density at radius 1 is 1.18 bits per heavy atom. The molecule has 44 heavy (non-hydrogen) atoms. The molecule has 0 bridgehead atoms. The van der Waals surface area contributed by atoms with E-state index in [1.165, 1.54) is 24.3 Å². The number of hydrogen-bond donors (Lipinski definition) is 4. The number of ether oxygens (including phenoxy) is 3. The fraction of sp³-hybridized carbons (Fsp3) is 0.429. The van der Waals surface area contributed by atoms with Crippen molar-refractivity contribution in [2.75, 3.05) is 12.4 Å². The Bertz CT molecular complexity index is 1650. The zero-order chi connectivity index (χ0) is 31.6. The number of alkyl carbamates (subject to hydrolysis) is 1. The zero-order valence-corrected chi connectivity index (χ0v) is 25.5. The van der Waals surface area contributed by atoms with Crippen LogP contribution in [0.5, 0.6) is 5.75 Å². The van der Waals surface area contributed by atoms with Crippen molar-refractivity contribution in [1.29, 1.82) is 0 Å². The average Bonchev–Trinajstić information content (AvgIpc) is 3.67. The molecule has 1 saturated heterocycles. The summed E-state index contributed by atoms with van der Waals surface area (Å²) in [6, 6.07) is 5.93. The lowest BCUT2D eigenvalue weighted by atomic mass is 10.1. The van der Waals surface area contributed by atoms with Crippen molar-refractivity contribution in [3.63, 3.8) is 0 Å². The summed E-state index contributed by atoms with van der Waals surface area (Å²) in [5, 5.41) is 23.9. The highest BCUT2D eigenvalue weighted by molar-refractivity contribution is 6.30. The van der Waals surface area contributed by atoms with E-state index in [1.807, 2.05) is 6.92 Å². The van der Waals surface area contributed by atoms with Crippen molar-refractivity contribution in [2.24, 2.45) is 0 Å². The number of amides is 2. The molecule has 4 N–H and O–H groups in total. The Hall–Kier alpha value is -4.47. The van der Waals surface area contributed by atoms with Gasteiger partial charge in [0, 0.05) is 30.2 Å². The standard InChI is InChI=1S/C28H33ClN8O7/c1-14-8-17(44-36-14)11-41-18-7-6-16(29)9-15(18)10-31-23-20-24(33-12-32-23)37(13-34-20)26-21(38)19(22(42-26)25(39)30-5)35-27(40)43-28(2,3)4/h6-9,12-13,19,21-22,26,38H,10-11H2,1-5H3,(H,30,39)(H,35,40)(H,31,32,33). The minimum Gasteiger partial charge on any atom is -0.485 e. The maximum absolute atomic E-state index is 12.6. The van der Waals surface area contributed by atoms with Crippen LogP contribution in [0, 0.1) is 6.92 Å². The molecule has 1 aliphatic heterocycles. The number of anilines is 1. The van der Waals surface area contributed by atoms with Crippen LogP contribution in [0.15, 0.2) is 41.4 Å². The van der Waals surface area contributed by atoms with Crippen molar-refractivity contribution in [1.82, 2.24) is 35.3 Å². The summed E-state index contributed by atoms with van der Waals surface area (Å²) in [6.45, 7) is 7.39. The molecule has 0 radical (unpaired) electrons. The van der Waals surface area contributed by atoms with E-state index in [2.05, 4.69) is 36.1 Å². The van der Waals surface area contributed by atoms with Gasteiger partial charge in [0.25, 0.3) is 5.91 Å². The molecule has 0 aliphatic carbocycles.